The van der Waals surface area contributed by atoms with E-state index in [2.05, 4.69) is 20.5 Å². The molecule has 10 nitrogen and oxygen atoms in total. The highest BCUT2D eigenvalue weighted by atomic mass is 32.2. The summed E-state index contributed by atoms with van der Waals surface area (Å²) in [5.74, 6) is 0.850. The van der Waals surface area contributed by atoms with Crippen molar-refractivity contribution in [3.05, 3.63) is 71.9 Å². The molecule has 1 atom stereocenters. The molecule has 5 rings (SSSR count). The van der Waals surface area contributed by atoms with E-state index in [-0.39, 0.29) is 6.04 Å². The summed E-state index contributed by atoms with van der Waals surface area (Å²) in [7, 11) is -3.23. The smallest absolute Gasteiger partial charge is 0.252 e. The number of amides is 1. The summed E-state index contributed by atoms with van der Waals surface area (Å²) in [6, 6.07) is 17.5. The van der Waals surface area contributed by atoms with Crippen LogP contribution >= 0.6 is 0 Å². The van der Waals surface area contributed by atoms with Gasteiger partial charge in [0.25, 0.3) is 5.91 Å². The van der Waals surface area contributed by atoms with Gasteiger partial charge in [0.05, 0.1) is 29.1 Å². The zero-order chi connectivity index (χ0) is 27.6. The average molecular weight is 551 g/mol. The van der Waals surface area contributed by atoms with Gasteiger partial charge in [0.1, 0.15) is 11.6 Å². The monoisotopic (exact) mass is 550 g/mol. The molecular formula is C28H34N6O4S. The number of nitrogens with zero attached hydrogens (tertiary/aromatic N) is 3. The lowest BCUT2D eigenvalue weighted by Crippen LogP contribution is -2.50. The highest BCUT2D eigenvalue weighted by Crippen LogP contribution is 2.35. The summed E-state index contributed by atoms with van der Waals surface area (Å²) in [6.07, 6.45) is 2.23. The molecule has 1 amide bonds. The van der Waals surface area contributed by atoms with Gasteiger partial charge in [0.15, 0.2) is 0 Å². The molecule has 206 valence electrons. The Morgan fingerprint density at radius 1 is 1.08 bits per heavy atom. The zero-order valence-electron chi connectivity index (χ0n) is 22.1. The van der Waals surface area contributed by atoms with E-state index < -0.39 is 21.2 Å². The molecule has 3 aromatic rings. The third-order valence-electron chi connectivity index (χ3n) is 7.16. The quantitative estimate of drug-likeness (QED) is 0.387. The molecule has 1 aromatic heterocycles. The number of carbonyl (C=O) groups is 1. The fourth-order valence-electron chi connectivity index (χ4n) is 4.92. The Kier molecular flexibility index (Phi) is 7.62. The second kappa shape index (κ2) is 11.1. The van der Waals surface area contributed by atoms with Gasteiger partial charge in [0, 0.05) is 61.8 Å². The Hall–Kier alpha value is -3.83. The van der Waals surface area contributed by atoms with Crippen molar-refractivity contribution >= 4 is 38.8 Å². The average Bonchev–Trinajstić information content (AvgIpc) is 2.94. The minimum absolute atomic E-state index is 0.0291. The molecule has 11 heteroatoms. The van der Waals surface area contributed by atoms with Crippen LogP contribution in [0, 0.1) is 0 Å². The second-order valence-electron chi connectivity index (χ2n) is 10.0. The van der Waals surface area contributed by atoms with E-state index in [1.165, 1.54) is 6.20 Å². The van der Waals surface area contributed by atoms with Gasteiger partial charge in [0.2, 0.25) is 10.0 Å². The lowest BCUT2D eigenvalue weighted by atomic mass is 10.00. The summed E-state index contributed by atoms with van der Waals surface area (Å²) in [5.41, 5.74) is 9.46. The van der Waals surface area contributed by atoms with Gasteiger partial charge in [-0.1, -0.05) is 18.2 Å². The first-order valence-corrected chi connectivity index (χ1v) is 14.6. The van der Waals surface area contributed by atoms with Crippen molar-refractivity contribution in [2.45, 2.75) is 31.6 Å². The van der Waals surface area contributed by atoms with Gasteiger partial charge < -0.3 is 26.0 Å². The van der Waals surface area contributed by atoms with Crippen LogP contribution in [0.15, 0.2) is 60.8 Å². The maximum Gasteiger partial charge on any atom is 0.252 e. The Morgan fingerprint density at radius 2 is 1.79 bits per heavy atom. The van der Waals surface area contributed by atoms with Crippen molar-refractivity contribution in [3.8, 4) is 5.75 Å². The molecule has 2 aliphatic rings. The number of piperazine rings is 1. The predicted molar refractivity (Wildman–Crippen MR) is 153 cm³/mol. The minimum atomic E-state index is -3.23. The first kappa shape index (κ1) is 26.8. The first-order chi connectivity index (χ1) is 18.7. The minimum Gasteiger partial charge on any atom is -0.493 e. The van der Waals surface area contributed by atoms with E-state index in [4.69, 9.17) is 10.5 Å². The van der Waals surface area contributed by atoms with Crippen LogP contribution in [0.25, 0.3) is 0 Å². The SMILES string of the molecule is CC(C)S(=O)(=O)N1CCN(c2ccc(Nc3cc(NC4CCOc5ccccc54)c(C(N)=O)cn3)cc2)CC1. The lowest BCUT2D eigenvalue weighted by molar-refractivity contribution is 0.100. The van der Waals surface area contributed by atoms with Gasteiger partial charge in [-0.2, -0.15) is 4.31 Å². The molecule has 0 saturated carbocycles. The van der Waals surface area contributed by atoms with Crippen LogP contribution in [0.1, 0.15) is 42.2 Å². The van der Waals surface area contributed by atoms with Crippen LogP contribution in [0.5, 0.6) is 5.75 Å². The molecule has 1 unspecified atom stereocenters. The topological polar surface area (TPSA) is 130 Å². The molecule has 0 spiro atoms. The number of primary amides is 1. The van der Waals surface area contributed by atoms with Gasteiger partial charge >= 0.3 is 0 Å². The molecule has 1 saturated heterocycles. The van der Waals surface area contributed by atoms with Crippen LogP contribution in [-0.2, 0) is 10.0 Å². The summed E-state index contributed by atoms with van der Waals surface area (Å²) in [5, 5.41) is 6.36. The first-order valence-electron chi connectivity index (χ1n) is 13.1. The number of fused-ring (bicyclic) bond motifs is 1. The van der Waals surface area contributed by atoms with Crippen molar-refractivity contribution in [1.82, 2.24) is 9.29 Å². The number of carbonyl (C=O) groups excluding carboxylic acids is 1. The van der Waals surface area contributed by atoms with Gasteiger partial charge in [-0.15, -0.1) is 0 Å². The van der Waals surface area contributed by atoms with E-state index in [9.17, 15) is 13.2 Å². The maximum atomic E-state index is 12.5. The Labute approximate surface area is 229 Å². The van der Waals surface area contributed by atoms with E-state index in [0.29, 0.717) is 49.9 Å². The molecular weight excluding hydrogens is 516 g/mol. The molecule has 0 bridgehead atoms. The molecule has 2 aromatic carbocycles. The van der Waals surface area contributed by atoms with Crippen LogP contribution < -0.4 is 26.0 Å². The van der Waals surface area contributed by atoms with Crippen molar-refractivity contribution in [2.24, 2.45) is 5.73 Å². The van der Waals surface area contributed by atoms with E-state index in [0.717, 1.165) is 29.1 Å². The van der Waals surface area contributed by atoms with Gasteiger partial charge in [-0.05, 0) is 44.2 Å². The molecule has 1 fully saturated rings. The number of hydrogen-bond donors (Lipinski definition) is 3. The fraction of sp³-hybridized carbons (Fsp3) is 0.357. The molecule has 0 radical (unpaired) electrons. The number of anilines is 4. The van der Waals surface area contributed by atoms with E-state index >= 15 is 0 Å². The fourth-order valence-corrected chi connectivity index (χ4v) is 6.19. The molecule has 2 aliphatic heterocycles. The van der Waals surface area contributed by atoms with Crippen molar-refractivity contribution in [1.29, 1.82) is 0 Å². The summed E-state index contributed by atoms with van der Waals surface area (Å²) in [6.45, 7) is 6.23. The molecule has 39 heavy (non-hydrogen) atoms. The number of pyridine rings is 1. The second-order valence-corrected chi connectivity index (χ2v) is 12.5. The predicted octanol–water partition coefficient (Wildman–Crippen LogP) is 3.72. The Bertz CT molecular complexity index is 1440. The number of nitrogens with two attached hydrogens (primary N) is 1. The summed E-state index contributed by atoms with van der Waals surface area (Å²) in [4.78, 5) is 18.7. The van der Waals surface area contributed by atoms with Crippen LogP contribution in [0.4, 0.5) is 22.9 Å². The van der Waals surface area contributed by atoms with Crippen LogP contribution in [0.3, 0.4) is 0 Å². The number of benzene rings is 2. The number of rotatable bonds is 8. The third-order valence-corrected chi connectivity index (χ3v) is 9.43. The largest absolute Gasteiger partial charge is 0.493 e. The summed E-state index contributed by atoms with van der Waals surface area (Å²) < 4.78 is 32.3. The third kappa shape index (κ3) is 5.79. The van der Waals surface area contributed by atoms with Crippen molar-refractivity contribution < 1.29 is 17.9 Å². The van der Waals surface area contributed by atoms with E-state index in [1.807, 2.05) is 48.5 Å². The standard InChI is InChI=1S/C28H34N6O4S/c1-19(2)39(36,37)34-14-12-33(13-15-34)21-9-7-20(8-10-21)31-27-17-25(23(18-30-27)28(29)35)32-24-11-16-38-26-6-4-3-5-22(24)26/h3-10,17-19,24H,11-16H2,1-2H3,(H2,29,35)(H2,30,31,32). The van der Waals surface area contributed by atoms with Crippen molar-refractivity contribution in [3.63, 3.8) is 0 Å². The van der Waals surface area contributed by atoms with Crippen LogP contribution in [-0.4, -0.2) is 61.7 Å². The number of para-hydroxylation sites is 1. The van der Waals surface area contributed by atoms with Gasteiger partial charge in [-0.3, -0.25) is 4.79 Å². The highest BCUT2D eigenvalue weighted by Gasteiger charge is 2.29. The van der Waals surface area contributed by atoms with Gasteiger partial charge in [-0.25, -0.2) is 13.4 Å². The highest BCUT2D eigenvalue weighted by molar-refractivity contribution is 7.89. The number of ether oxygens (including phenoxy) is 1. The van der Waals surface area contributed by atoms with E-state index in [1.54, 1.807) is 24.2 Å². The Balaban J connectivity index is 1.27. The molecule has 3 heterocycles. The number of hydrogen-bond acceptors (Lipinski definition) is 8. The summed E-state index contributed by atoms with van der Waals surface area (Å²) >= 11 is 0. The number of aromatic nitrogens is 1. The van der Waals surface area contributed by atoms with Crippen LogP contribution in [0.2, 0.25) is 0 Å². The Morgan fingerprint density at radius 3 is 2.49 bits per heavy atom. The molecule has 4 N–H and O–H groups in total. The number of sulfonamides is 1. The normalized spacial score (nSPS) is 17.8. The zero-order valence-corrected chi connectivity index (χ0v) is 22.9. The maximum absolute atomic E-state index is 12.5. The van der Waals surface area contributed by atoms with Crippen molar-refractivity contribution in [2.75, 3.05) is 48.3 Å². The lowest BCUT2D eigenvalue weighted by Gasteiger charge is -2.36. The molecule has 0 aliphatic carbocycles. The number of nitrogens with one attached hydrogen (secondary N) is 2.